The van der Waals surface area contributed by atoms with Crippen molar-refractivity contribution in [2.45, 2.75) is 62.1 Å². The number of carbonyl (C=O) groups is 3. The normalized spacial score (nSPS) is 45.4. The van der Waals surface area contributed by atoms with Crippen LogP contribution in [0.3, 0.4) is 0 Å². The predicted molar refractivity (Wildman–Crippen MR) is 131 cm³/mol. The van der Waals surface area contributed by atoms with Crippen LogP contribution in [0.2, 0.25) is 0 Å². The fraction of sp³-hybridized carbons (Fsp3) is 0.593. The lowest BCUT2D eigenvalue weighted by Crippen LogP contribution is -2.69. The highest BCUT2D eigenvalue weighted by atomic mass is 35.5. The standard InChI is InChI=1S/C27H29Cl2FO6/c1-14-9-16-17-11-19(30)18-10-15(32)6-7-24(18,2)26(17,29)21(28)12-25(16,3)27(14,22(33)13-31)36-23(34)20-5-4-8-35-20/h4-8,10,14,16-17,19,21,31H,9,11-13H2,1-3H3/t14?,16-,17-,19?,21?,24-,25-,26-,27-/m0/s1. The monoisotopic (exact) mass is 538 g/mol. The van der Waals surface area contributed by atoms with Crippen molar-refractivity contribution in [3.63, 3.8) is 0 Å². The number of fused-ring (bicyclic) bond motifs is 5. The van der Waals surface area contributed by atoms with E-state index in [4.69, 9.17) is 32.4 Å². The fourth-order valence-corrected chi connectivity index (χ4v) is 9.24. The second-order valence-corrected chi connectivity index (χ2v) is 12.3. The highest BCUT2D eigenvalue weighted by molar-refractivity contribution is 6.34. The molecule has 9 heteroatoms. The van der Waals surface area contributed by atoms with Gasteiger partial charge in [0.15, 0.2) is 11.4 Å². The molecular formula is C27H29Cl2FO6. The Balaban J connectivity index is 1.64. The van der Waals surface area contributed by atoms with Gasteiger partial charge in [0, 0.05) is 16.7 Å². The molecule has 0 saturated heterocycles. The molecule has 3 fully saturated rings. The molecule has 194 valence electrons. The zero-order valence-corrected chi connectivity index (χ0v) is 21.8. The van der Waals surface area contributed by atoms with Gasteiger partial charge in [-0.2, -0.15) is 0 Å². The van der Waals surface area contributed by atoms with Gasteiger partial charge in [0.05, 0.1) is 16.5 Å². The van der Waals surface area contributed by atoms with Gasteiger partial charge >= 0.3 is 5.97 Å². The van der Waals surface area contributed by atoms with Gasteiger partial charge in [0.25, 0.3) is 0 Å². The second kappa shape index (κ2) is 8.27. The summed E-state index contributed by atoms with van der Waals surface area (Å²) in [6.07, 6.45) is 4.93. The lowest BCUT2D eigenvalue weighted by atomic mass is 9.46. The summed E-state index contributed by atoms with van der Waals surface area (Å²) in [7, 11) is 0. The van der Waals surface area contributed by atoms with Crippen molar-refractivity contribution in [2.75, 3.05) is 6.61 Å². The van der Waals surface area contributed by atoms with E-state index in [0.717, 1.165) is 0 Å². The number of hydrogen-bond acceptors (Lipinski definition) is 6. The summed E-state index contributed by atoms with van der Waals surface area (Å²) < 4.78 is 26.9. The van der Waals surface area contributed by atoms with Crippen molar-refractivity contribution in [3.8, 4) is 0 Å². The molecule has 0 spiro atoms. The zero-order chi connectivity index (χ0) is 26.3. The van der Waals surface area contributed by atoms with Crippen molar-refractivity contribution >= 4 is 40.7 Å². The summed E-state index contributed by atoms with van der Waals surface area (Å²) in [5.41, 5.74) is -3.43. The Morgan fingerprint density at radius 2 is 2.00 bits per heavy atom. The number of alkyl halides is 3. The predicted octanol–water partition coefficient (Wildman–Crippen LogP) is 4.82. The number of aliphatic hydroxyl groups excluding tert-OH is 1. The lowest BCUT2D eigenvalue weighted by Gasteiger charge is -2.64. The molecule has 1 N–H and O–H groups in total. The van der Waals surface area contributed by atoms with Crippen LogP contribution in [0.25, 0.3) is 0 Å². The summed E-state index contributed by atoms with van der Waals surface area (Å²) in [6.45, 7) is 4.61. The molecule has 1 aromatic heterocycles. The Bertz CT molecular complexity index is 1180. The molecule has 0 aliphatic heterocycles. The van der Waals surface area contributed by atoms with Crippen molar-refractivity contribution in [3.05, 3.63) is 48.0 Å². The van der Waals surface area contributed by atoms with Crippen LogP contribution in [0.1, 0.15) is 50.6 Å². The molecule has 3 saturated carbocycles. The molecule has 1 heterocycles. The first kappa shape index (κ1) is 25.7. The Morgan fingerprint density at radius 1 is 1.28 bits per heavy atom. The maximum absolute atomic E-state index is 15.7. The lowest BCUT2D eigenvalue weighted by molar-refractivity contribution is -0.170. The van der Waals surface area contributed by atoms with Crippen LogP contribution in [0.4, 0.5) is 4.39 Å². The van der Waals surface area contributed by atoms with E-state index in [-0.39, 0.29) is 30.3 Å². The van der Waals surface area contributed by atoms with Crippen LogP contribution < -0.4 is 0 Å². The molecule has 0 amide bonds. The van der Waals surface area contributed by atoms with Crippen molar-refractivity contribution < 1.29 is 33.0 Å². The van der Waals surface area contributed by atoms with Gasteiger partial charge in [-0.3, -0.25) is 9.59 Å². The van der Waals surface area contributed by atoms with Gasteiger partial charge < -0.3 is 14.3 Å². The third kappa shape index (κ3) is 3.02. The number of carbonyl (C=O) groups excluding carboxylic acids is 3. The van der Waals surface area contributed by atoms with E-state index in [1.165, 1.54) is 30.5 Å². The van der Waals surface area contributed by atoms with Crippen LogP contribution in [-0.2, 0) is 14.3 Å². The van der Waals surface area contributed by atoms with Crippen LogP contribution in [0, 0.1) is 28.6 Å². The Morgan fingerprint density at radius 3 is 2.64 bits per heavy atom. The van der Waals surface area contributed by atoms with E-state index >= 15 is 4.39 Å². The summed E-state index contributed by atoms with van der Waals surface area (Å²) in [4.78, 5) is 37.5. The summed E-state index contributed by atoms with van der Waals surface area (Å²) in [5, 5.41) is 9.24. The SMILES string of the molecule is CC1C[C@H]2[C@@H]3CC(F)C4=CC(=O)C=C[C@]4(C)[C@@]3(Cl)C(Cl)C[C@]2(C)[C@@]1(OC(=O)c1ccco1)C(=O)CO. The third-order valence-electron chi connectivity index (χ3n) is 9.66. The number of esters is 1. The molecule has 1 aromatic rings. The van der Waals surface area contributed by atoms with E-state index < -0.39 is 63.0 Å². The number of halogens is 3. The minimum Gasteiger partial charge on any atom is -0.457 e. The molecule has 5 rings (SSSR count). The highest BCUT2D eigenvalue weighted by Crippen LogP contribution is 2.73. The number of hydrogen-bond donors (Lipinski definition) is 1. The number of aliphatic hydroxyl groups is 1. The maximum Gasteiger partial charge on any atom is 0.375 e. The summed E-state index contributed by atoms with van der Waals surface area (Å²) in [5.74, 6) is -3.14. The summed E-state index contributed by atoms with van der Waals surface area (Å²) in [6, 6.07) is 2.97. The van der Waals surface area contributed by atoms with Crippen LogP contribution in [0.15, 0.2) is 46.6 Å². The average Bonchev–Trinajstić information content (AvgIpc) is 3.44. The van der Waals surface area contributed by atoms with Crippen LogP contribution in [-0.4, -0.2) is 51.3 Å². The smallest absolute Gasteiger partial charge is 0.375 e. The molecule has 0 bridgehead atoms. The minimum absolute atomic E-state index is 0.0256. The number of allylic oxidation sites excluding steroid dienone is 4. The Labute approximate surface area is 218 Å². The minimum atomic E-state index is -1.71. The number of rotatable bonds is 4. The van der Waals surface area contributed by atoms with Crippen molar-refractivity contribution in [2.24, 2.45) is 28.6 Å². The van der Waals surface area contributed by atoms with E-state index in [1.54, 1.807) is 13.0 Å². The summed E-state index contributed by atoms with van der Waals surface area (Å²) >= 11 is 14.6. The molecule has 0 radical (unpaired) electrons. The quantitative estimate of drug-likeness (QED) is 0.436. The average molecular weight is 539 g/mol. The molecule has 36 heavy (non-hydrogen) atoms. The first-order chi connectivity index (χ1) is 16.9. The second-order valence-electron chi connectivity index (χ2n) is 11.1. The maximum atomic E-state index is 15.7. The highest BCUT2D eigenvalue weighted by Gasteiger charge is 2.77. The molecule has 0 aromatic carbocycles. The first-order valence-electron chi connectivity index (χ1n) is 12.2. The van der Waals surface area contributed by atoms with E-state index in [2.05, 4.69) is 0 Å². The Hall–Kier alpha value is -1.96. The van der Waals surface area contributed by atoms with Gasteiger partial charge in [-0.25, -0.2) is 9.18 Å². The first-order valence-corrected chi connectivity index (χ1v) is 13.0. The third-order valence-corrected chi connectivity index (χ3v) is 11.2. The molecular weight excluding hydrogens is 510 g/mol. The molecule has 6 nitrogen and oxygen atoms in total. The van der Waals surface area contributed by atoms with Gasteiger partial charge in [-0.1, -0.05) is 26.8 Å². The fourth-order valence-electron chi connectivity index (χ4n) is 8.04. The largest absolute Gasteiger partial charge is 0.457 e. The molecule has 9 atom stereocenters. The van der Waals surface area contributed by atoms with Gasteiger partial charge in [0.1, 0.15) is 12.8 Å². The van der Waals surface area contributed by atoms with Gasteiger partial charge in [-0.15, -0.1) is 23.2 Å². The van der Waals surface area contributed by atoms with Crippen molar-refractivity contribution in [1.29, 1.82) is 0 Å². The van der Waals surface area contributed by atoms with Gasteiger partial charge in [0.2, 0.25) is 11.5 Å². The topological polar surface area (TPSA) is 93.8 Å². The molecule has 4 aliphatic carbocycles. The zero-order valence-electron chi connectivity index (χ0n) is 20.3. The van der Waals surface area contributed by atoms with Gasteiger partial charge in [-0.05, 0) is 61.0 Å². The number of ether oxygens (including phenoxy) is 1. The van der Waals surface area contributed by atoms with E-state index in [0.29, 0.717) is 12.0 Å². The van der Waals surface area contributed by atoms with Crippen LogP contribution in [0.5, 0.6) is 0 Å². The van der Waals surface area contributed by atoms with Crippen molar-refractivity contribution in [1.82, 2.24) is 0 Å². The van der Waals surface area contributed by atoms with Crippen LogP contribution >= 0.6 is 23.2 Å². The van der Waals surface area contributed by atoms with E-state index in [1.807, 2.05) is 13.8 Å². The number of ketones is 2. The number of furan rings is 1. The number of Topliss-reactive ketones (excluding diaryl/α,β-unsaturated/α-hetero) is 1. The van der Waals surface area contributed by atoms with E-state index in [9.17, 15) is 19.5 Å². The Kier molecular flexibility index (Phi) is 5.90. The molecule has 3 unspecified atom stereocenters. The molecule has 4 aliphatic rings.